The van der Waals surface area contributed by atoms with E-state index in [1.165, 1.54) is 0 Å². The molecule has 0 unspecified atom stereocenters. The predicted molar refractivity (Wildman–Crippen MR) is 193 cm³/mol. The molecule has 1 aliphatic rings. The Hall–Kier alpha value is -6.59. The maximum absolute atomic E-state index is 6.47. The molecule has 0 radical (unpaired) electrons. The fourth-order valence-corrected chi connectivity index (χ4v) is 7.50. The fourth-order valence-electron chi connectivity index (χ4n) is 7.50. The lowest BCUT2D eigenvalue weighted by atomic mass is 10.0. The van der Waals surface area contributed by atoms with Gasteiger partial charge in [-0.2, -0.15) is 0 Å². The molecular weight excluding hydrogens is 592 g/mol. The molecule has 0 bridgehead atoms. The van der Waals surface area contributed by atoms with Crippen LogP contribution in [0.4, 0.5) is 17.1 Å². The van der Waals surface area contributed by atoms with Crippen molar-refractivity contribution in [2.24, 2.45) is 0 Å². The third kappa shape index (κ3) is 3.53. The Morgan fingerprint density at radius 3 is 1.73 bits per heavy atom. The second kappa shape index (κ2) is 9.47. The summed E-state index contributed by atoms with van der Waals surface area (Å²) in [5, 5.41) is 6.60. The van der Waals surface area contributed by atoms with Crippen LogP contribution in [0.2, 0.25) is 0 Å². The predicted octanol–water partition coefficient (Wildman–Crippen LogP) is 12.4. The molecule has 0 aliphatic heterocycles. The largest absolute Gasteiger partial charge is 0.456 e. The first-order valence-electron chi connectivity index (χ1n) is 16.0. The van der Waals surface area contributed by atoms with E-state index in [-0.39, 0.29) is 0 Å². The van der Waals surface area contributed by atoms with Crippen LogP contribution < -0.4 is 4.90 Å². The third-order valence-electron chi connectivity index (χ3n) is 9.64. The van der Waals surface area contributed by atoms with Crippen LogP contribution >= 0.6 is 0 Å². The van der Waals surface area contributed by atoms with Crippen LogP contribution in [0.3, 0.4) is 0 Å². The van der Waals surface area contributed by atoms with E-state index >= 15 is 0 Å². The van der Waals surface area contributed by atoms with Gasteiger partial charge in [-0.1, -0.05) is 72.8 Å². The standard InChI is InChI=1S/C43H24N2O3/c1-2-9-25(10-3-1)43-44-41-31-19-20-35(30-13-8-14-32(40(30)31)42(41)48-43)45(26-17-21-38-33(23-26)28-11-4-6-15-36(28)46-38)27-18-22-39-34(24-27)29-12-5-7-16-37(29)47-39/h1-24H. The third-order valence-corrected chi connectivity index (χ3v) is 9.64. The molecule has 48 heavy (non-hydrogen) atoms. The minimum absolute atomic E-state index is 0.634. The molecule has 5 nitrogen and oxygen atoms in total. The molecule has 7 aromatic carbocycles. The maximum Gasteiger partial charge on any atom is 0.227 e. The minimum Gasteiger partial charge on any atom is -0.456 e. The van der Waals surface area contributed by atoms with E-state index in [1.807, 2.05) is 54.6 Å². The van der Waals surface area contributed by atoms with Crippen molar-refractivity contribution in [2.75, 3.05) is 4.90 Å². The number of hydrogen-bond donors (Lipinski definition) is 0. The van der Waals surface area contributed by atoms with Gasteiger partial charge in [-0.25, -0.2) is 4.98 Å². The topological polar surface area (TPSA) is 55.6 Å². The second-order valence-corrected chi connectivity index (χ2v) is 12.3. The van der Waals surface area contributed by atoms with Crippen molar-refractivity contribution in [1.29, 1.82) is 0 Å². The van der Waals surface area contributed by atoms with E-state index in [1.54, 1.807) is 0 Å². The molecule has 0 saturated heterocycles. The van der Waals surface area contributed by atoms with Gasteiger partial charge in [0.25, 0.3) is 0 Å². The molecule has 0 fully saturated rings. The molecule has 0 atom stereocenters. The first-order valence-corrected chi connectivity index (χ1v) is 16.0. The van der Waals surface area contributed by atoms with Gasteiger partial charge >= 0.3 is 0 Å². The van der Waals surface area contributed by atoms with Gasteiger partial charge in [-0.3, -0.25) is 0 Å². The molecule has 0 spiro atoms. The van der Waals surface area contributed by atoms with E-state index in [4.69, 9.17) is 18.2 Å². The lowest BCUT2D eigenvalue weighted by Crippen LogP contribution is -2.10. The zero-order chi connectivity index (χ0) is 31.3. The number of hydrogen-bond acceptors (Lipinski definition) is 5. The SMILES string of the molecule is c1ccc(-c2nc3c(o2)-c2cccc4c(N(c5ccc6oc7ccccc7c6c5)c5ccc6oc7ccccc7c6c5)ccc-3c24)cc1. The van der Waals surface area contributed by atoms with E-state index in [9.17, 15) is 0 Å². The number of oxazole rings is 1. The lowest BCUT2D eigenvalue weighted by Gasteiger charge is -2.27. The quantitative estimate of drug-likeness (QED) is 0.197. The van der Waals surface area contributed by atoms with Crippen LogP contribution in [0, 0.1) is 0 Å². The van der Waals surface area contributed by atoms with E-state index in [2.05, 4.69) is 95.9 Å². The van der Waals surface area contributed by atoms with Crippen molar-refractivity contribution in [2.45, 2.75) is 0 Å². The van der Waals surface area contributed by atoms with E-state index < -0.39 is 0 Å². The smallest absolute Gasteiger partial charge is 0.227 e. The Bertz CT molecular complexity index is 2770. The van der Waals surface area contributed by atoms with Crippen molar-refractivity contribution in [1.82, 2.24) is 4.98 Å². The van der Waals surface area contributed by atoms with Gasteiger partial charge < -0.3 is 18.2 Å². The highest BCUT2D eigenvalue weighted by Crippen LogP contribution is 2.52. The molecule has 1 aliphatic carbocycles. The zero-order valence-electron chi connectivity index (χ0n) is 25.5. The molecule has 0 amide bonds. The van der Waals surface area contributed by atoms with Crippen molar-refractivity contribution in [3.05, 3.63) is 146 Å². The molecule has 3 aromatic heterocycles. The highest BCUT2D eigenvalue weighted by molar-refractivity contribution is 6.18. The van der Waals surface area contributed by atoms with E-state index in [0.717, 1.165) is 99.9 Å². The first kappa shape index (κ1) is 25.6. The number of para-hydroxylation sites is 2. The second-order valence-electron chi connectivity index (χ2n) is 12.3. The average molecular weight is 617 g/mol. The maximum atomic E-state index is 6.47. The highest BCUT2D eigenvalue weighted by Gasteiger charge is 2.30. The monoisotopic (exact) mass is 616 g/mol. The number of aromatic nitrogens is 1. The zero-order valence-corrected chi connectivity index (χ0v) is 25.5. The normalized spacial score (nSPS) is 12.2. The average Bonchev–Trinajstić information content (AvgIpc) is 3.90. The molecular formula is C43H24N2O3. The van der Waals surface area contributed by atoms with Crippen LogP contribution in [0.5, 0.6) is 0 Å². The molecule has 5 heteroatoms. The summed E-state index contributed by atoms with van der Waals surface area (Å²) in [5.41, 5.74) is 10.6. The van der Waals surface area contributed by atoms with Gasteiger partial charge in [0.05, 0.1) is 5.69 Å². The minimum atomic E-state index is 0.634. The van der Waals surface area contributed by atoms with Crippen molar-refractivity contribution in [3.8, 4) is 34.0 Å². The van der Waals surface area contributed by atoms with Crippen LogP contribution in [0.15, 0.2) is 159 Å². The lowest BCUT2D eigenvalue weighted by molar-refractivity contribution is 0.590. The van der Waals surface area contributed by atoms with E-state index in [0.29, 0.717) is 5.89 Å². The number of nitrogens with zero attached hydrogens (tertiary/aromatic N) is 2. The summed E-state index contributed by atoms with van der Waals surface area (Å²) in [5.74, 6) is 1.45. The number of furan rings is 2. The van der Waals surface area contributed by atoms with Crippen molar-refractivity contribution < 1.29 is 13.3 Å². The van der Waals surface area contributed by atoms with Crippen LogP contribution in [-0.4, -0.2) is 4.98 Å². The van der Waals surface area contributed by atoms with Gasteiger partial charge in [0.1, 0.15) is 28.0 Å². The summed E-state index contributed by atoms with van der Waals surface area (Å²) in [7, 11) is 0. The Morgan fingerprint density at radius 2 is 1.04 bits per heavy atom. The van der Waals surface area contributed by atoms with Crippen molar-refractivity contribution in [3.63, 3.8) is 0 Å². The summed E-state index contributed by atoms with van der Waals surface area (Å²) in [4.78, 5) is 7.35. The van der Waals surface area contributed by atoms with Crippen molar-refractivity contribution >= 4 is 71.7 Å². The molecule has 3 heterocycles. The molecule has 10 aromatic rings. The van der Waals surface area contributed by atoms with Gasteiger partial charge in [0.2, 0.25) is 5.89 Å². The summed E-state index contributed by atoms with van der Waals surface area (Å²) in [6, 6.07) is 50.3. The Morgan fingerprint density at radius 1 is 0.438 bits per heavy atom. The Labute approximate surface area is 273 Å². The summed E-state index contributed by atoms with van der Waals surface area (Å²) in [6.07, 6.45) is 0. The Kier molecular flexibility index (Phi) is 5.05. The van der Waals surface area contributed by atoms with Gasteiger partial charge in [0, 0.05) is 60.4 Å². The fraction of sp³-hybridized carbons (Fsp3) is 0. The molecule has 0 N–H and O–H groups in total. The summed E-state index contributed by atoms with van der Waals surface area (Å²) >= 11 is 0. The van der Waals surface area contributed by atoms with Crippen LogP contribution in [0.1, 0.15) is 0 Å². The first-order chi connectivity index (χ1) is 23.8. The number of anilines is 3. The summed E-state index contributed by atoms with van der Waals surface area (Å²) < 4.78 is 18.9. The van der Waals surface area contributed by atoms with Gasteiger partial charge in [-0.15, -0.1) is 0 Å². The number of benzene rings is 7. The van der Waals surface area contributed by atoms with Gasteiger partial charge in [0.15, 0.2) is 5.76 Å². The van der Waals surface area contributed by atoms with Crippen LogP contribution in [0.25, 0.3) is 88.7 Å². The molecule has 0 saturated carbocycles. The Balaban J connectivity index is 1.16. The summed E-state index contributed by atoms with van der Waals surface area (Å²) in [6.45, 7) is 0. The molecule has 224 valence electrons. The van der Waals surface area contributed by atoms with Gasteiger partial charge in [-0.05, 0) is 72.8 Å². The number of rotatable bonds is 4. The number of fused-ring (bicyclic) bond motifs is 9. The highest BCUT2D eigenvalue weighted by atomic mass is 16.4. The molecule has 11 rings (SSSR count). The van der Waals surface area contributed by atoms with Crippen LogP contribution in [-0.2, 0) is 0 Å².